The van der Waals surface area contributed by atoms with E-state index in [0.717, 1.165) is 12.3 Å². The standard InChI is InChI=1S/C12H15FN2O4S/c13-11-2-1-9(7-14-11)12(17)15(4-5-16)10-3-6-20(18,19)8-10/h1-2,7,10,16H,3-6,8H2. The Kier molecular flexibility index (Phi) is 4.34. The summed E-state index contributed by atoms with van der Waals surface area (Å²) in [6, 6.07) is 1.90. The van der Waals surface area contributed by atoms with E-state index in [9.17, 15) is 17.6 Å². The molecule has 0 radical (unpaired) electrons. The third-order valence-electron chi connectivity index (χ3n) is 3.23. The molecule has 1 aromatic rings. The average molecular weight is 302 g/mol. The van der Waals surface area contributed by atoms with Gasteiger partial charge < -0.3 is 10.0 Å². The minimum absolute atomic E-state index is 0.0363. The zero-order valence-electron chi connectivity index (χ0n) is 10.7. The van der Waals surface area contributed by atoms with E-state index in [1.54, 1.807) is 0 Å². The zero-order valence-corrected chi connectivity index (χ0v) is 11.5. The second-order valence-corrected chi connectivity index (χ2v) is 6.88. The molecule has 8 heteroatoms. The Morgan fingerprint density at radius 1 is 1.50 bits per heavy atom. The maximum absolute atomic E-state index is 12.7. The minimum atomic E-state index is -3.13. The maximum Gasteiger partial charge on any atom is 0.255 e. The third kappa shape index (κ3) is 3.31. The van der Waals surface area contributed by atoms with E-state index in [2.05, 4.69) is 4.98 Å². The summed E-state index contributed by atoms with van der Waals surface area (Å²) in [5, 5.41) is 9.05. The number of halogens is 1. The van der Waals surface area contributed by atoms with Gasteiger partial charge in [-0.2, -0.15) is 4.39 Å². The topological polar surface area (TPSA) is 87.6 Å². The molecule has 6 nitrogen and oxygen atoms in total. The Morgan fingerprint density at radius 3 is 2.75 bits per heavy atom. The lowest BCUT2D eigenvalue weighted by Gasteiger charge is -2.27. The Morgan fingerprint density at radius 2 is 2.25 bits per heavy atom. The summed E-state index contributed by atoms with van der Waals surface area (Å²) in [4.78, 5) is 17.0. The molecule has 20 heavy (non-hydrogen) atoms. The molecule has 1 unspecified atom stereocenters. The SMILES string of the molecule is O=C(c1ccc(F)nc1)N(CCO)C1CCS(=O)(=O)C1. The van der Waals surface area contributed by atoms with Crippen LogP contribution in [0.25, 0.3) is 0 Å². The lowest BCUT2D eigenvalue weighted by atomic mass is 10.1. The summed E-state index contributed by atoms with van der Waals surface area (Å²) in [7, 11) is -3.13. The highest BCUT2D eigenvalue weighted by molar-refractivity contribution is 7.91. The lowest BCUT2D eigenvalue weighted by Crippen LogP contribution is -2.42. The van der Waals surface area contributed by atoms with Crippen LogP contribution in [0.4, 0.5) is 4.39 Å². The molecule has 2 heterocycles. The van der Waals surface area contributed by atoms with Gasteiger partial charge in [0.25, 0.3) is 5.91 Å². The van der Waals surface area contributed by atoms with E-state index in [4.69, 9.17) is 5.11 Å². The number of pyridine rings is 1. The van der Waals surface area contributed by atoms with Crippen molar-refractivity contribution in [3.8, 4) is 0 Å². The van der Waals surface area contributed by atoms with E-state index in [-0.39, 0.29) is 30.2 Å². The van der Waals surface area contributed by atoms with Crippen LogP contribution in [0.1, 0.15) is 16.8 Å². The van der Waals surface area contributed by atoms with Gasteiger partial charge in [0.15, 0.2) is 9.84 Å². The summed E-state index contributed by atoms with van der Waals surface area (Å²) >= 11 is 0. The van der Waals surface area contributed by atoms with Crippen molar-refractivity contribution in [1.82, 2.24) is 9.88 Å². The van der Waals surface area contributed by atoms with E-state index in [0.29, 0.717) is 6.42 Å². The number of aromatic nitrogens is 1. The number of aliphatic hydroxyl groups is 1. The monoisotopic (exact) mass is 302 g/mol. The van der Waals surface area contributed by atoms with Crippen LogP contribution < -0.4 is 0 Å². The van der Waals surface area contributed by atoms with Crippen molar-refractivity contribution >= 4 is 15.7 Å². The van der Waals surface area contributed by atoms with Crippen LogP contribution in [-0.4, -0.2) is 60.0 Å². The van der Waals surface area contributed by atoms with E-state index < -0.39 is 27.7 Å². The molecule has 1 aliphatic heterocycles. The van der Waals surface area contributed by atoms with Crippen molar-refractivity contribution in [2.45, 2.75) is 12.5 Å². The summed E-state index contributed by atoms with van der Waals surface area (Å²) in [6.45, 7) is -0.229. The van der Waals surface area contributed by atoms with Crippen LogP contribution in [0.2, 0.25) is 0 Å². The minimum Gasteiger partial charge on any atom is -0.395 e. The van der Waals surface area contributed by atoms with Gasteiger partial charge >= 0.3 is 0 Å². The van der Waals surface area contributed by atoms with Crippen LogP contribution in [0.3, 0.4) is 0 Å². The Hall–Kier alpha value is -1.54. The van der Waals surface area contributed by atoms with Gasteiger partial charge in [-0.15, -0.1) is 0 Å². The van der Waals surface area contributed by atoms with Gasteiger partial charge in [0, 0.05) is 18.8 Å². The molecule has 1 amide bonds. The number of sulfone groups is 1. The molecule has 0 aromatic carbocycles. The van der Waals surface area contributed by atoms with Crippen LogP contribution in [0.5, 0.6) is 0 Å². The second-order valence-electron chi connectivity index (χ2n) is 4.65. The maximum atomic E-state index is 12.7. The van der Waals surface area contributed by atoms with Gasteiger partial charge in [0.2, 0.25) is 5.95 Å². The Bertz CT molecular complexity index is 588. The predicted molar refractivity (Wildman–Crippen MR) is 69.4 cm³/mol. The van der Waals surface area contributed by atoms with Gasteiger partial charge in [-0.1, -0.05) is 0 Å². The molecule has 1 saturated heterocycles. The highest BCUT2D eigenvalue weighted by atomic mass is 32.2. The molecule has 2 rings (SSSR count). The predicted octanol–water partition coefficient (Wildman–Crippen LogP) is -0.158. The average Bonchev–Trinajstić information content (AvgIpc) is 2.76. The number of hydrogen-bond acceptors (Lipinski definition) is 5. The molecule has 1 N–H and O–H groups in total. The fourth-order valence-electron chi connectivity index (χ4n) is 2.25. The third-order valence-corrected chi connectivity index (χ3v) is 4.98. The number of nitrogens with zero attached hydrogens (tertiary/aromatic N) is 2. The number of carbonyl (C=O) groups is 1. The molecule has 0 bridgehead atoms. The van der Waals surface area contributed by atoms with E-state index in [1.807, 2.05) is 0 Å². The van der Waals surface area contributed by atoms with Gasteiger partial charge in [-0.3, -0.25) is 4.79 Å². The van der Waals surface area contributed by atoms with Crippen molar-refractivity contribution in [2.75, 3.05) is 24.7 Å². The highest BCUT2D eigenvalue weighted by Crippen LogP contribution is 2.19. The lowest BCUT2D eigenvalue weighted by molar-refractivity contribution is 0.0655. The molecular weight excluding hydrogens is 287 g/mol. The first kappa shape index (κ1) is 14.9. The van der Waals surface area contributed by atoms with Crippen LogP contribution >= 0.6 is 0 Å². The smallest absolute Gasteiger partial charge is 0.255 e. The first-order valence-electron chi connectivity index (χ1n) is 6.17. The molecule has 0 saturated carbocycles. The molecule has 1 fully saturated rings. The van der Waals surface area contributed by atoms with Gasteiger partial charge in [-0.25, -0.2) is 13.4 Å². The number of carbonyl (C=O) groups excluding carboxylic acids is 1. The van der Waals surface area contributed by atoms with Crippen LogP contribution in [0.15, 0.2) is 18.3 Å². The highest BCUT2D eigenvalue weighted by Gasteiger charge is 2.34. The van der Waals surface area contributed by atoms with Crippen LogP contribution in [0, 0.1) is 5.95 Å². The molecular formula is C12H15FN2O4S. The first-order chi connectivity index (χ1) is 9.43. The molecule has 110 valence electrons. The summed E-state index contributed by atoms with van der Waals surface area (Å²) in [5.74, 6) is -1.21. The Balaban J connectivity index is 2.20. The summed E-state index contributed by atoms with van der Waals surface area (Å²) < 4.78 is 35.7. The van der Waals surface area contributed by atoms with Crippen molar-refractivity contribution in [3.63, 3.8) is 0 Å². The van der Waals surface area contributed by atoms with E-state index in [1.165, 1.54) is 11.0 Å². The van der Waals surface area contributed by atoms with Gasteiger partial charge in [0.1, 0.15) is 0 Å². The van der Waals surface area contributed by atoms with Crippen LogP contribution in [-0.2, 0) is 9.84 Å². The Labute approximate surface area is 116 Å². The zero-order chi connectivity index (χ0) is 14.8. The normalized spacial score (nSPS) is 20.8. The number of rotatable bonds is 4. The molecule has 1 atom stereocenters. The first-order valence-corrected chi connectivity index (χ1v) is 7.99. The number of hydrogen-bond donors (Lipinski definition) is 1. The molecule has 0 spiro atoms. The van der Waals surface area contributed by atoms with Crippen molar-refractivity contribution in [2.24, 2.45) is 0 Å². The molecule has 1 aromatic heterocycles. The van der Waals surface area contributed by atoms with Crippen molar-refractivity contribution < 1.29 is 22.7 Å². The summed E-state index contributed by atoms with van der Waals surface area (Å²) in [6.07, 6.45) is 1.45. The van der Waals surface area contributed by atoms with Gasteiger partial charge in [0.05, 0.1) is 23.7 Å². The largest absolute Gasteiger partial charge is 0.395 e. The summed E-state index contributed by atoms with van der Waals surface area (Å²) in [5.41, 5.74) is 0.171. The molecule has 0 aliphatic carbocycles. The van der Waals surface area contributed by atoms with Crippen molar-refractivity contribution in [3.05, 3.63) is 29.8 Å². The fourth-order valence-corrected chi connectivity index (χ4v) is 3.98. The van der Waals surface area contributed by atoms with Crippen molar-refractivity contribution in [1.29, 1.82) is 0 Å². The van der Waals surface area contributed by atoms with Gasteiger partial charge in [-0.05, 0) is 18.6 Å². The molecule has 1 aliphatic rings. The number of aliphatic hydroxyl groups excluding tert-OH is 1. The van der Waals surface area contributed by atoms with E-state index >= 15 is 0 Å². The second kappa shape index (κ2) is 5.84. The fraction of sp³-hybridized carbons (Fsp3) is 0.500. The number of amides is 1. The quantitative estimate of drug-likeness (QED) is 0.781.